The minimum absolute atomic E-state index is 0.689. The summed E-state index contributed by atoms with van der Waals surface area (Å²) in [6.45, 7) is 8.38. The Bertz CT molecular complexity index is 253. The molecule has 1 heteroatoms. The molecule has 0 saturated heterocycles. The SMILES string of the molecule is CCC(COCc1ccccc1)C(C)C. The van der Waals surface area contributed by atoms with Crippen molar-refractivity contribution in [1.82, 2.24) is 0 Å². The number of benzene rings is 1. The standard InChI is InChI=1S/C14H22O/c1-4-14(12(2)3)11-15-10-13-8-6-5-7-9-13/h5-9,12,14H,4,10-11H2,1-3H3. The van der Waals surface area contributed by atoms with Crippen LogP contribution < -0.4 is 0 Å². The van der Waals surface area contributed by atoms with Gasteiger partial charge in [-0.3, -0.25) is 0 Å². The number of ether oxygens (including phenoxy) is 1. The molecule has 0 bridgehead atoms. The van der Waals surface area contributed by atoms with Gasteiger partial charge < -0.3 is 4.74 Å². The Morgan fingerprint density at radius 3 is 2.33 bits per heavy atom. The summed E-state index contributed by atoms with van der Waals surface area (Å²) in [6, 6.07) is 10.4. The summed E-state index contributed by atoms with van der Waals surface area (Å²) in [6.07, 6.45) is 1.20. The second-order valence-corrected chi connectivity index (χ2v) is 4.41. The van der Waals surface area contributed by atoms with Crippen LogP contribution in [0.5, 0.6) is 0 Å². The molecule has 0 aliphatic rings. The quantitative estimate of drug-likeness (QED) is 0.686. The lowest BCUT2D eigenvalue weighted by Gasteiger charge is -2.18. The van der Waals surface area contributed by atoms with E-state index in [-0.39, 0.29) is 0 Å². The summed E-state index contributed by atoms with van der Waals surface area (Å²) in [7, 11) is 0. The van der Waals surface area contributed by atoms with Gasteiger partial charge in [0.05, 0.1) is 13.2 Å². The zero-order chi connectivity index (χ0) is 11.1. The molecule has 0 heterocycles. The van der Waals surface area contributed by atoms with Gasteiger partial charge in [-0.2, -0.15) is 0 Å². The molecule has 1 aromatic carbocycles. The third-order valence-corrected chi connectivity index (χ3v) is 2.91. The first-order valence-corrected chi connectivity index (χ1v) is 5.85. The number of rotatable bonds is 6. The molecule has 0 fully saturated rings. The highest BCUT2D eigenvalue weighted by Gasteiger charge is 2.10. The maximum absolute atomic E-state index is 5.73. The highest BCUT2D eigenvalue weighted by molar-refractivity contribution is 5.13. The van der Waals surface area contributed by atoms with Gasteiger partial charge in [-0.25, -0.2) is 0 Å². The van der Waals surface area contributed by atoms with Crippen molar-refractivity contribution in [3.05, 3.63) is 35.9 Å². The van der Waals surface area contributed by atoms with Crippen molar-refractivity contribution < 1.29 is 4.74 Å². The van der Waals surface area contributed by atoms with E-state index in [0.717, 1.165) is 13.2 Å². The van der Waals surface area contributed by atoms with Crippen LogP contribution in [0.1, 0.15) is 32.8 Å². The zero-order valence-corrected chi connectivity index (χ0v) is 10.1. The van der Waals surface area contributed by atoms with Crippen LogP contribution in [0.15, 0.2) is 30.3 Å². The first-order valence-electron chi connectivity index (χ1n) is 5.85. The highest BCUT2D eigenvalue weighted by Crippen LogP contribution is 2.15. The van der Waals surface area contributed by atoms with Crippen molar-refractivity contribution in [3.63, 3.8) is 0 Å². The molecule has 0 aromatic heterocycles. The van der Waals surface area contributed by atoms with E-state index in [1.807, 2.05) is 6.07 Å². The van der Waals surface area contributed by atoms with Crippen molar-refractivity contribution in [3.8, 4) is 0 Å². The molecular formula is C14H22O. The largest absolute Gasteiger partial charge is 0.376 e. The van der Waals surface area contributed by atoms with E-state index in [0.29, 0.717) is 11.8 Å². The van der Waals surface area contributed by atoms with Crippen LogP contribution in [-0.2, 0) is 11.3 Å². The maximum Gasteiger partial charge on any atom is 0.0717 e. The van der Waals surface area contributed by atoms with Crippen LogP contribution in [0.25, 0.3) is 0 Å². The van der Waals surface area contributed by atoms with Crippen molar-refractivity contribution in [2.75, 3.05) is 6.61 Å². The summed E-state index contributed by atoms with van der Waals surface area (Å²) in [5.74, 6) is 1.40. The van der Waals surface area contributed by atoms with Gasteiger partial charge in [0, 0.05) is 0 Å². The molecule has 0 spiro atoms. The van der Waals surface area contributed by atoms with Crippen molar-refractivity contribution in [1.29, 1.82) is 0 Å². The Balaban J connectivity index is 2.27. The van der Waals surface area contributed by atoms with Gasteiger partial charge in [-0.1, -0.05) is 57.5 Å². The van der Waals surface area contributed by atoms with E-state index in [2.05, 4.69) is 45.0 Å². The molecule has 0 amide bonds. The van der Waals surface area contributed by atoms with Crippen LogP contribution >= 0.6 is 0 Å². The van der Waals surface area contributed by atoms with E-state index in [1.165, 1.54) is 12.0 Å². The Morgan fingerprint density at radius 1 is 1.13 bits per heavy atom. The molecule has 1 unspecified atom stereocenters. The monoisotopic (exact) mass is 206 g/mol. The van der Waals surface area contributed by atoms with E-state index in [1.54, 1.807) is 0 Å². The fourth-order valence-corrected chi connectivity index (χ4v) is 1.68. The molecule has 0 aliphatic heterocycles. The predicted octanol–water partition coefficient (Wildman–Crippen LogP) is 3.89. The van der Waals surface area contributed by atoms with Crippen LogP contribution in [0.2, 0.25) is 0 Å². The molecule has 0 radical (unpaired) electrons. The fourth-order valence-electron chi connectivity index (χ4n) is 1.68. The van der Waals surface area contributed by atoms with Crippen molar-refractivity contribution >= 4 is 0 Å². The molecular weight excluding hydrogens is 184 g/mol. The van der Waals surface area contributed by atoms with E-state index >= 15 is 0 Å². The molecule has 1 rings (SSSR count). The first-order chi connectivity index (χ1) is 7.24. The average Bonchev–Trinajstić information content (AvgIpc) is 2.25. The predicted molar refractivity (Wildman–Crippen MR) is 64.7 cm³/mol. The van der Waals surface area contributed by atoms with E-state index in [4.69, 9.17) is 4.74 Å². The van der Waals surface area contributed by atoms with Crippen LogP contribution in [0.4, 0.5) is 0 Å². The van der Waals surface area contributed by atoms with Gasteiger partial charge in [0.25, 0.3) is 0 Å². The molecule has 1 atom stereocenters. The fraction of sp³-hybridized carbons (Fsp3) is 0.571. The second-order valence-electron chi connectivity index (χ2n) is 4.41. The zero-order valence-electron chi connectivity index (χ0n) is 10.1. The minimum Gasteiger partial charge on any atom is -0.376 e. The highest BCUT2D eigenvalue weighted by atomic mass is 16.5. The Labute approximate surface area is 93.5 Å². The average molecular weight is 206 g/mol. The Kier molecular flexibility index (Phi) is 5.41. The first kappa shape index (κ1) is 12.3. The van der Waals surface area contributed by atoms with E-state index in [9.17, 15) is 0 Å². The summed E-state index contributed by atoms with van der Waals surface area (Å²) in [5, 5.41) is 0. The minimum atomic E-state index is 0.689. The summed E-state index contributed by atoms with van der Waals surface area (Å²) >= 11 is 0. The lowest BCUT2D eigenvalue weighted by Crippen LogP contribution is -2.14. The van der Waals surface area contributed by atoms with Gasteiger partial charge in [-0.05, 0) is 17.4 Å². The topological polar surface area (TPSA) is 9.23 Å². The van der Waals surface area contributed by atoms with Gasteiger partial charge in [-0.15, -0.1) is 0 Å². The molecule has 0 saturated carbocycles. The van der Waals surface area contributed by atoms with Crippen LogP contribution in [-0.4, -0.2) is 6.61 Å². The lowest BCUT2D eigenvalue weighted by atomic mass is 9.94. The normalized spacial score (nSPS) is 13.1. The van der Waals surface area contributed by atoms with Gasteiger partial charge in [0.1, 0.15) is 0 Å². The van der Waals surface area contributed by atoms with Gasteiger partial charge in [0.2, 0.25) is 0 Å². The third kappa shape index (κ3) is 4.48. The van der Waals surface area contributed by atoms with Crippen molar-refractivity contribution in [2.24, 2.45) is 11.8 Å². The summed E-state index contributed by atoms with van der Waals surface area (Å²) in [5.41, 5.74) is 1.26. The Morgan fingerprint density at radius 2 is 1.80 bits per heavy atom. The maximum atomic E-state index is 5.73. The number of hydrogen-bond acceptors (Lipinski definition) is 1. The van der Waals surface area contributed by atoms with Gasteiger partial charge in [0.15, 0.2) is 0 Å². The molecule has 15 heavy (non-hydrogen) atoms. The third-order valence-electron chi connectivity index (χ3n) is 2.91. The Hall–Kier alpha value is -0.820. The van der Waals surface area contributed by atoms with E-state index < -0.39 is 0 Å². The van der Waals surface area contributed by atoms with Gasteiger partial charge >= 0.3 is 0 Å². The number of hydrogen-bond donors (Lipinski definition) is 0. The molecule has 0 aliphatic carbocycles. The molecule has 84 valence electrons. The lowest BCUT2D eigenvalue weighted by molar-refractivity contribution is 0.0700. The van der Waals surface area contributed by atoms with Crippen LogP contribution in [0, 0.1) is 11.8 Å². The summed E-state index contributed by atoms with van der Waals surface area (Å²) in [4.78, 5) is 0. The summed E-state index contributed by atoms with van der Waals surface area (Å²) < 4.78 is 5.73. The molecule has 0 N–H and O–H groups in total. The second kappa shape index (κ2) is 6.62. The van der Waals surface area contributed by atoms with Crippen molar-refractivity contribution in [2.45, 2.75) is 33.8 Å². The smallest absolute Gasteiger partial charge is 0.0717 e. The molecule has 1 aromatic rings. The molecule has 1 nitrogen and oxygen atoms in total. The van der Waals surface area contributed by atoms with Crippen LogP contribution in [0.3, 0.4) is 0 Å².